The van der Waals surface area contributed by atoms with Gasteiger partial charge in [-0.1, -0.05) is 6.92 Å². The SMILES string of the molecule is CCCn1c(=S)nc(NCc2ccncc2)c2[nH]c(C3CC3)nc21. The van der Waals surface area contributed by atoms with Crippen LogP contribution in [0, 0.1) is 4.77 Å². The quantitative estimate of drug-likeness (QED) is 0.668. The molecule has 0 spiro atoms. The molecule has 0 bridgehead atoms. The monoisotopic (exact) mass is 340 g/mol. The lowest BCUT2D eigenvalue weighted by atomic mass is 10.3. The van der Waals surface area contributed by atoms with Gasteiger partial charge in [0.15, 0.2) is 11.5 Å². The van der Waals surface area contributed by atoms with Gasteiger partial charge in [-0.3, -0.25) is 9.55 Å². The van der Waals surface area contributed by atoms with Crippen molar-refractivity contribution in [1.29, 1.82) is 0 Å². The Morgan fingerprint density at radius 1 is 1.29 bits per heavy atom. The fourth-order valence-electron chi connectivity index (χ4n) is 2.83. The Kier molecular flexibility index (Phi) is 4.02. The molecule has 6 nitrogen and oxygen atoms in total. The molecule has 4 rings (SSSR count). The maximum absolute atomic E-state index is 5.50. The lowest BCUT2D eigenvalue weighted by Crippen LogP contribution is -2.08. The molecule has 0 atom stereocenters. The van der Waals surface area contributed by atoms with E-state index >= 15 is 0 Å². The van der Waals surface area contributed by atoms with Crippen LogP contribution in [0.4, 0.5) is 5.82 Å². The summed E-state index contributed by atoms with van der Waals surface area (Å²) in [7, 11) is 0. The molecular formula is C17H20N6S. The molecule has 3 aromatic rings. The minimum absolute atomic E-state index is 0.564. The number of aromatic amines is 1. The third-order valence-corrected chi connectivity index (χ3v) is 4.57. The maximum Gasteiger partial charge on any atom is 0.203 e. The molecule has 124 valence electrons. The molecule has 3 aromatic heterocycles. The van der Waals surface area contributed by atoms with Crippen LogP contribution in [-0.4, -0.2) is 24.5 Å². The standard InChI is InChI=1S/C17H20N6S/c1-2-9-23-16-13(20-14(21-16)12-3-4-12)15(22-17(23)24)19-10-11-5-7-18-8-6-11/h5-8,12H,2-4,9-10H2,1H3,(H,20,21)(H,19,22,24). The van der Waals surface area contributed by atoms with Crippen molar-refractivity contribution in [3.8, 4) is 0 Å². The van der Waals surface area contributed by atoms with Gasteiger partial charge in [0.05, 0.1) is 0 Å². The summed E-state index contributed by atoms with van der Waals surface area (Å²) in [5, 5.41) is 3.40. The van der Waals surface area contributed by atoms with E-state index in [0.29, 0.717) is 17.2 Å². The van der Waals surface area contributed by atoms with Gasteiger partial charge in [-0.15, -0.1) is 0 Å². The van der Waals surface area contributed by atoms with E-state index in [1.54, 1.807) is 12.4 Å². The second kappa shape index (κ2) is 6.32. The minimum Gasteiger partial charge on any atom is -0.364 e. The van der Waals surface area contributed by atoms with Gasteiger partial charge in [0.2, 0.25) is 4.77 Å². The second-order valence-corrected chi connectivity index (χ2v) is 6.56. The number of aromatic nitrogens is 5. The third kappa shape index (κ3) is 2.91. The summed E-state index contributed by atoms with van der Waals surface area (Å²) in [6.45, 7) is 3.65. The Hall–Kier alpha value is -2.28. The van der Waals surface area contributed by atoms with Crippen LogP contribution in [0.1, 0.15) is 43.5 Å². The van der Waals surface area contributed by atoms with Gasteiger partial charge in [0.1, 0.15) is 11.3 Å². The van der Waals surface area contributed by atoms with E-state index in [9.17, 15) is 0 Å². The summed E-state index contributed by atoms with van der Waals surface area (Å²) in [5.41, 5.74) is 3.02. The fourth-order valence-corrected chi connectivity index (χ4v) is 3.10. The number of hydrogen-bond donors (Lipinski definition) is 2. The number of nitrogens with zero attached hydrogens (tertiary/aromatic N) is 4. The smallest absolute Gasteiger partial charge is 0.203 e. The highest BCUT2D eigenvalue weighted by molar-refractivity contribution is 7.71. The molecule has 1 fully saturated rings. The van der Waals surface area contributed by atoms with Crippen molar-refractivity contribution in [3.05, 3.63) is 40.7 Å². The first kappa shape index (κ1) is 15.3. The van der Waals surface area contributed by atoms with Crippen molar-refractivity contribution in [1.82, 2.24) is 24.5 Å². The molecular weight excluding hydrogens is 320 g/mol. The van der Waals surface area contributed by atoms with Crippen molar-refractivity contribution in [3.63, 3.8) is 0 Å². The van der Waals surface area contributed by atoms with Crippen LogP contribution in [0.2, 0.25) is 0 Å². The number of imidazole rings is 1. The van der Waals surface area contributed by atoms with Crippen molar-refractivity contribution >= 4 is 29.2 Å². The molecule has 7 heteroatoms. The Bertz CT molecular complexity index is 910. The fraction of sp³-hybridized carbons (Fsp3) is 0.412. The minimum atomic E-state index is 0.564. The topological polar surface area (TPSA) is 71.4 Å². The van der Waals surface area contributed by atoms with Gasteiger partial charge in [-0.2, -0.15) is 0 Å². The van der Waals surface area contributed by atoms with Crippen LogP contribution in [0.25, 0.3) is 11.2 Å². The molecule has 2 N–H and O–H groups in total. The van der Waals surface area contributed by atoms with Crippen molar-refractivity contribution in [2.45, 2.75) is 45.2 Å². The molecule has 0 amide bonds. The van der Waals surface area contributed by atoms with E-state index in [0.717, 1.165) is 41.3 Å². The summed E-state index contributed by atoms with van der Waals surface area (Å²) in [6.07, 6.45) is 7.00. The van der Waals surface area contributed by atoms with E-state index in [4.69, 9.17) is 17.2 Å². The lowest BCUT2D eigenvalue weighted by Gasteiger charge is -2.10. The molecule has 3 heterocycles. The number of aryl methyl sites for hydroxylation is 1. The molecule has 0 radical (unpaired) electrons. The van der Waals surface area contributed by atoms with E-state index in [1.165, 1.54) is 12.8 Å². The van der Waals surface area contributed by atoms with Gasteiger partial charge < -0.3 is 10.3 Å². The highest BCUT2D eigenvalue weighted by Crippen LogP contribution is 2.39. The van der Waals surface area contributed by atoms with Crippen LogP contribution < -0.4 is 5.32 Å². The summed E-state index contributed by atoms with van der Waals surface area (Å²) in [6, 6.07) is 3.98. The van der Waals surface area contributed by atoms with Crippen molar-refractivity contribution in [2.24, 2.45) is 0 Å². The van der Waals surface area contributed by atoms with E-state index in [1.807, 2.05) is 16.7 Å². The Balaban J connectivity index is 1.74. The molecule has 24 heavy (non-hydrogen) atoms. The normalized spacial score (nSPS) is 14.2. The molecule has 1 aliphatic rings. The van der Waals surface area contributed by atoms with Crippen LogP contribution in [0.15, 0.2) is 24.5 Å². The largest absolute Gasteiger partial charge is 0.364 e. The number of hydrogen-bond acceptors (Lipinski definition) is 5. The Morgan fingerprint density at radius 2 is 2.08 bits per heavy atom. The Labute approximate surface area is 145 Å². The predicted octanol–water partition coefficient (Wildman–Crippen LogP) is 3.78. The summed E-state index contributed by atoms with van der Waals surface area (Å²) >= 11 is 5.50. The number of fused-ring (bicyclic) bond motifs is 1. The highest BCUT2D eigenvalue weighted by atomic mass is 32.1. The average Bonchev–Trinajstić information content (AvgIpc) is 3.36. The van der Waals surface area contributed by atoms with Crippen LogP contribution in [0.5, 0.6) is 0 Å². The van der Waals surface area contributed by atoms with Gasteiger partial charge >= 0.3 is 0 Å². The van der Waals surface area contributed by atoms with Crippen LogP contribution >= 0.6 is 12.2 Å². The average molecular weight is 340 g/mol. The first-order chi connectivity index (χ1) is 11.8. The summed E-state index contributed by atoms with van der Waals surface area (Å²) < 4.78 is 2.61. The predicted molar refractivity (Wildman–Crippen MR) is 96.5 cm³/mol. The first-order valence-corrected chi connectivity index (χ1v) is 8.80. The van der Waals surface area contributed by atoms with E-state index < -0.39 is 0 Å². The zero-order chi connectivity index (χ0) is 16.5. The van der Waals surface area contributed by atoms with Crippen LogP contribution in [0.3, 0.4) is 0 Å². The third-order valence-electron chi connectivity index (χ3n) is 4.25. The highest BCUT2D eigenvalue weighted by Gasteiger charge is 2.28. The summed E-state index contributed by atoms with van der Waals surface area (Å²) in [4.78, 5) is 16.9. The molecule has 0 aromatic carbocycles. The number of rotatable bonds is 6. The Morgan fingerprint density at radius 3 is 2.79 bits per heavy atom. The van der Waals surface area contributed by atoms with E-state index in [2.05, 4.69) is 27.2 Å². The molecule has 1 aliphatic carbocycles. The number of pyridine rings is 1. The van der Waals surface area contributed by atoms with E-state index in [-0.39, 0.29) is 0 Å². The second-order valence-electron chi connectivity index (χ2n) is 6.20. The van der Waals surface area contributed by atoms with Gasteiger partial charge in [0.25, 0.3) is 0 Å². The zero-order valence-corrected chi connectivity index (χ0v) is 14.4. The van der Waals surface area contributed by atoms with Crippen molar-refractivity contribution in [2.75, 3.05) is 5.32 Å². The zero-order valence-electron chi connectivity index (χ0n) is 13.6. The lowest BCUT2D eigenvalue weighted by molar-refractivity contribution is 0.670. The van der Waals surface area contributed by atoms with Gasteiger partial charge in [-0.25, -0.2) is 9.97 Å². The van der Waals surface area contributed by atoms with Gasteiger partial charge in [0, 0.05) is 31.4 Å². The van der Waals surface area contributed by atoms with Crippen molar-refractivity contribution < 1.29 is 0 Å². The molecule has 0 unspecified atom stereocenters. The number of nitrogens with one attached hydrogen (secondary N) is 2. The van der Waals surface area contributed by atoms with Crippen LogP contribution in [-0.2, 0) is 13.1 Å². The maximum atomic E-state index is 5.50. The summed E-state index contributed by atoms with van der Waals surface area (Å²) in [5.74, 6) is 2.40. The molecule has 1 saturated carbocycles. The number of anilines is 1. The molecule has 0 aliphatic heterocycles. The molecule has 0 saturated heterocycles. The first-order valence-electron chi connectivity index (χ1n) is 8.39. The van der Waals surface area contributed by atoms with Gasteiger partial charge in [-0.05, 0) is 49.2 Å². The number of H-pyrrole nitrogens is 1.